The van der Waals surface area contributed by atoms with E-state index in [9.17, 15) is 0 Å². The van der Waals surface area contributed by atoms with Crippen LogP contribution in [0.2, 0.25) is 0 Å². The highest BCUT2D eigenvalue weighted by Gasteiger charge is 2.41. The fourth-order valence-corrected chi connectivity index (χ4v) is 3.46. The molecule has 3 heterocycles. The lowest BCUT2D eigenvalue weighted by molar-refractivity contribution is 0.172. The third-order valence-electron chi connectivity index (χ3n) is 4.91. The van der Waals surface area contributed by atoms with Crippen molar-refractivity contribution in [3.8, 4) is 11.5 Å². The molecule has 2 N–H and O–H groups in total. The maximum absolute atomic E-state index is 5.65. The van der Waals surface area contributed by atoms with Crippen LogP contribution < -0.4 is 14.8 Å². The highest BCUT2D eigenvalue weighted by Crippen LogP contribution is 2.39. The summed E-state index contributed by atoms with van der Waals surface area (Å²) >= 11 is 0. The minimum absolute atomic E-state index is 0.0985. The summed E-state index contributed by atoms with van der Waals surface area (Å²) in [6.45, 7) is 7.80. The Morgan fingerprint density at radius 3 is 2.62 bits per heavy atom. The molecule has 0 spiro atoms. The summed E-state index contributed by atoms with van der Waals surface area (Å²) in [5.41, 5.74) is 2.09. The van der Waals surface area contributed by atoms with E-state index in [-0.39, 0.29) is 5.41 Å². The number of nitrogens with one attached hydrogen (secondary N) is 2. The number of imidazole rings is 1. The number of hydrogen-bond donors (Lipinski definition) is 2. The molecular weight excluding hydrogens is 266 g/mol. The molecule has 2 aliphatic rings. The molecular formula is C16H21N3O2. The summed E-state index contributed by atoms with van der Waals surface area (Å²) in [5, 5.41) is 3.48. The number of hydrogen-bond acceptors (Lipinski definition) is 4. The predicted octanol–water partition coefficient (Wildman–Crippen LogP) is 2.22. The highest BCUT2D eigenvalue weighted by molar-refractivity contribution is 5.80. The summed E-state index contributed by atoms with van der Waals surface area (Å²) in [4.78, 5) is 8.39. The molecule has 2 aromatic rings. The van der Waals surface area contributed by atoms with E-state index in [1.807, 2.05) is 12.1 Å². The topological polar surface area (TPSA) is 59.2 Å². The van der Waals surface area contributed by atoms with E-state index in [0.29, 0.717) is 19.1 Å². The average Bonchev–Trinajstić information content (AvgIpc) is 3.11. The molecule has 5 nitrogen and oxygen atoms in total. The van der Waals surface area contributed by atoms with Crippen LogP contribution >= 0.6 is 0 Å². The van der Waals surface area contributed by atoms with Crippen molar-refractivity contribution in [2.45, 2.75) is 25.7 Å². The average molecular weight is 287 g/mol. The number of benzene rings is 1. The summed E-state index contributed by atoms with van der Waals surface area (Å²) in [7, 11) is 0. The standard InChI is InChI=1S/C16H21N3O2/c1-10(2)16(3-4-17-9-16)15-18-11-7-13-14(8-12(11)19-15)21-6-5-20-13/h7-8,10,17H,3-6,9H2,1-2H3,(H,18,19). The molecule has 1 aromatic heterocycles. The predicted molar refractivity (Wildman–Crippen MR) is 81.1 cm³/mol. The molecule has 1 unspecified atom stereocenters. The van der Waals surface area contributed by atoms with E-state index in [2.05, 4.69) is 24.1 Å². The van der Waals surface area contributed by atoms with Gasteiger partial charge >= 0.3 is 0 Å². The lowest BCUT2D eigenvalue weighted by atomic mass is 9.76. The fraction of sp³-hybridized carbons (Fsp3) is 0.562. The van der Waals surface area contributed by atoms with Gasteiger partial charge in [0.2, 0.25) is 0 Å². The lowest BCUT2D eigenvalue weighted by Crippen LogP contribution is -2.35. The first kappa shape index (κ1) is 13.0. The van der Waals surface area contributed by atoms with Crippen LogP contribution in [0.25, 0.3) is 11.0 Å². The number of fused-ring (bicyclic) bond motifs is 2. The van der Waals surface area contributed by atoms with Gasteiger partial charge in [-0.05, 0) is 18.9 Å². The molecule has 0 amide bonds. The number of ether oxygens (including phenoxy) is 2. The Morgan fingerprint density at radius 1 is 1.19 bits per heavy atom. The highest BCUT2D eigenvalue weighted by atomic mass is 16.6. The van der Waals surface area contributed by atoms with Crippen LogP contribution in [0.1, 0.15) is 26.1 Å². The van der Waals surface area contributed by atoms with Crippen molar-refractivity contribution in [3.63, 3.8) is 0 Å². The van der Waals surface area contributed by atoms with Crippen molar-refractivity contribution in [2.24, 2.45) is 5.92 Å². The van der Waals surface area contributed by atoms with Gasteiger partial charge in [0, 0.05) is 24.1 Å². The molecule has 0 aliphatic carbocycles. The minimum Gasteiger partial charge on any atom is -0.486 e. The third kappa shape index (κ3) is 1.91. The Bertz CT molecular complexity index is 628. The fourth-order valence-electron chi connectivity index (χ4n) is 3.46. The van der Waals surface area contributed by atoms with Gasteiger partial charge in [0.25, 0.3) is 0 Å². The Balaban J connectivity index is 1.83. The molecule has 21 heavy (non-hydrogen) atoms. The molecule has 0 bridgehead atoms. The van der Waals surface area contributed by atoms with Gasteiger partial charge in [-0.2, -0.15) is 0 Å². The van der Waals surface area contributed by atoms with E-state index >= 15 is 0 Å². The zero-order chi connectivity index (χ0) is 14.4. The Labute approximate surface area is 124 Å². The first-order valence-corrected chi connectivity index (χ1v) is 7.70. The smallest absolute Gasteiger partial charge is 0.163 e. The first-order chi connectivity index (χ1) is 10.2. The third-order valence-corrected chi connectivity index (χ3v) is 4.91. The number of H-pyrrole nitrogens is 1. The number of aromatic nitrogens is 2. The summed E-state index contributed by atoms with van der Waals surface area (Å²) in [6, 6.07) is 4.00. The van der Waals surface area contributed by atoms with Gasteiger partial charge in [-0.25, -0.2) is 4.98 Å². The molecule has 2 aliphatic heterocycles. The minimum atomic E-state index is 0.0985. The normalized spacial score (nSPS) is 24.9. The van der Waals surface area contributed by atoms with Gasteiger partial charge in [-0.3, -0.25) is 0 Å². The molecule has 5 heteroatoms. The summed E-state index contributed by atoms with van der Waals surface area (Å²) in [5.74, 6) is 3.23. The van der Waals surface area contributed by atoms with Crippen LogP contribution in [0.3, 0.4) is 0 Å². The first-order valence-electron chi connectivity index (χ1n) is 7.70. The van der Waals surface area contributed by atoms with Gasteiger partial charge in [0.15, 0.2) is 11.5 Å². The van der Waals surface area contributed by atoms with Crippen molar-refractivity contribution in [1.82, 2.24) is 15.3 Å². The number of aromatic amines is 1. The quantitative estimate of drug-likeness (QED) is 0.889. The Kier molecular flexibility index (Phi) is 2.85. The zero-order valence-electron chi connectivity index (χ0n) is 12.5. The van der Waals surface area contributed by atoms with Crippen molar-refractivity contribution in [3.05, 3.63) is 18.0 Å². The van der Waals surface area contributed by atoms with Gasteiger partial charge in [-0.1, -0.05) is 13.8 Å². The largest absolute Gasteiger partial charge is 0.486 e. The maximum atomic E-state index is 5.65. The van der Waals surface area contributed by atoms with Crippen LogP contribution in [-0.4, -0.2) is 36.3 Å². The van der Waals surface area contributed by atoms with Crippen LogP contribution in [0, 0.1) is 5.92 Å². The van der Waals surface area contributed by atoms with Crippen LogP contribution in [0.4, 0.5) is 0 Å². The van der Waals surface area contributed by atoms with Crippen molar-refractivity contribution in [2.75, 3.05) is 26.3 Å². The van der Waals surface area contributed by atoms with Gasteiger partial charge < -0.3 is 19.8 Å². The van der Waals surface area contributed by atoms with E-state index < -0.39 is 0 Å². The summed E-state index contributed by atoms with van der Waals surface area (Å²) in [6.07, 6.45) is 1.12. The number of rotatable bonds is 2. The van der Waals surface area contributed by atoms with Crippen molar-refractivity contribution >= 4 is 11.0 Å². The second-order valence-electron chi connectivity index (χ2n) is 6.34. The van der Waals surface area contributed by atoms with E-state index in [1.54, 1.807) is 0 Å². The van der Waals surface area contributed by atoms with Gasteiger partial charge in [0.1, 0.15) is 19.0 Å². The van der Waals surface area contributed by atoms with Crippen LogP contribution in [0.15, 0.2) is 12.1 Å². The van der Waals surface area contributed by atoms with Crippen LogP contribution in [-0.2, 0) is 5.41 Å². The molecule has 1 aromatic carbocycles. The van der Waals surface area contributed by atoms with E-state index in [0.717, 1.165) is 47.9 Å². The molecule has 1 atom stereocenters. The van der Waals surface area contributed by atoms with E-state index in [1.165, 1.54) is 0 Å². The van der Waals surface area contributed by atoms with Crippen LogP contribution in [0.5, 0.6) is 11.5 Å². The molecule has 0 radical (unpaired) electrons. The zero-order valence-corrected chi connectivity index (χ0v) is 12.5. The maximum Gasteiger partial charge on any atom is 0.163 e. The van der Waals surface area contributed by atoms with E-state index in [4.69, 9.17) is 14.5 Å². The van der Waals surface area contributed by atoms with Gasteiger partial charge in [0.05, 0.1) is 11.0 Å². The molecule has 4 rings (SSSR count). The Morgan fingerprint density at radius 2 is 1.95 bits per heavy atom. The monoisotopic (exact) mass is 287 g/mol. The second-order valence-corrected chi connectivity index (χ2v) is 6.34. The second kappa shape index (κ2) is 4.63. The lowest BCUT2D eigenvalue weighted by Gasteiger charge is -2.30. The number of nitrogens with zero attached hydrogens (tertiary/aromatic N) is 1. The van der Waals surface area contributed by atoms with Crippen molar-refractivity contribution in [1.29, 1.82) is 0 Å². The SMILES string of the molecule is CC(C)C1(c2nc3cc4c(cc3[nH]2)OCCO4)CCNC1. The Hall–Kier alpha value is -1.75. The molecule has 1 saturated heterocycles. The molecule has 1 fully saturated rings. The molecule has 0 saturated carbocycles. The summed E-state index contributed by atoms with van der Waals surface area (Å²) < 4.78 is 11.3. The molecule has 112 valence electrons. The van der Waals surface area contributed by atoms with Gasteiger partial charge in [-0.15, -0.1) is 0 Å². The van der Waals surface area contributed by atoms with Crippen molar-refractivity contribution < 1.29 is 9.47 Å².